The van der Waals surface area contributed by atoms with Crippen molar-refractivity contribution in [1.29, 1.82) is 0 Å². The summed E-state index contributed by atoms with van der Waals surface area (Å²) in [6.07, 6.45) is 5.29. The Morgan fingerprint density at radius 2 is 1.67 bits per heavy atom. The second-order valence-corrected chi connectivity index (χ2v) is 4.43. The van der Waals surface area contributed by atoms with Crippen molar-refractivity contribution in [3.05, 3.63) is 6.92 Å². The van der Waals surface area contributed by atoms with Crippen molar-refractivity contribution in [2.24, 2.45) is 17.8 Å². The zero-order chi connectivity index (χ0) is 9.56. The van der Waals surface area contributed by atoms with E-state index in [1.54, 1.807) is 0 Å². The summed E-state index contributed by atoms with van der Waals surface area (Å²) in [5.41, 5.74) is 0. The fourth-order valence-electron chi connectivity index (χ4n) is 1.27. The van der Waals surface area contributed by atoms with Gasteiger partial charge in [-0.2, -0.15) is 0 Å². The molecule has 0 rings (SSSR count). The van der Waals surface area contributed by atoms with Gasteiger partial charge in [0.2, 0.25) is 0 Å². The molecule has 2 atom stereocenters. The monoisotopic (exact) mass is 169 g/mol. The molecule has 0 spiro atoms. The first-order valence-electron chi connectivity index (χ1n) is 5.41. The molecule has 0 aliphatic carbocycles. The van der Waals surface area contributed by atoms with Crippen LogP contribution in [-0.2, 0) is 0 Å². The van der Waals surface area contributed by atoms with Gasteiger partial charge in [-0.15, -0.1) is 0 Å². The number of rotatable bonds is 6. The smallest absolute Gasteiger partial charge is 0.0417 e. The van der Waals surface area contributed by atoms with Crippen LogP contribution in [0.25, 0.3) is 0 Å². The average molecular weight is 169 g/mol. The third-order valence-electron chi connectivity index (χ3n) is 2.99. The summed E-state index contributed by atoms with van der Waals surface area (Å²) in [5.74, 6) is 2.41. The molecule has 0 aliphatic heterocycles. The molecule has 0 heterocycles. The van der Waals surface area contributed by atoms with Crippen molar-refractivity contribution in [3.63, 3.8) is 0 Å². The molecule has 0 aromatic carbocycles. The fourth-order valence-corrected chi connectivity index (χ4v) is 1.27. The molecule has 0 aliphatic rings. The lowest BCUT2D eigenvalue weighted by Crippen LogP contribution is -2.04. The van der Waals surface area contributed by atoms with E-state index in [0.717, 1.165) is 11.8 Å². The van der Waals surface area contributed by atoms with E-state index < -0.39 is 0 Å². The highest BCUT2D eigenvalue weighted by Crippen LogP contribution is 2.19. The fraction of sp³-hybridized carbons (Fsp3) is 0.917. The van der Waals surface area contributed by atoms with Crippen molar-refractivity contribution < 1.29 is 0 Å². The molecule has 73 valence electrons. The Morgan fingerprint density at radius 3 is 2.08 bits per heavy atom. The first-order chi connectivity index (χ1) is 5.57. The summed E-state index contributed by atoms with van der Waals surface area (Å²) >= 11 is 0. The average Bonchev–Trinajstić information content (AvgIpc) is 2.03. The second kappa shape index (κ2) is 6.51. The van der Waals surface area contributed by atoms with Gasteiger partial charge in [0.1, 0.15) is 0 Å². The lowest BCUT2D eigenvalue weighted by Gasteiger charge is -2.16. The van der Waals surface area contributed by atoms with Crippen LogP contribution in [0, 0.1) is 24.7 Å². The summed E-state index contributed by atoms with van der Waals surface area (Å²) < 4.78 is 0. The van der Waals surface area contributed by atoms with E-state index in [4.69, 9.17) is 0 Å². The van der Waals surface area contributed by atoms with E-state index in [1.165, 1.54) is 25.7 Å². The molecular formula is C12H25. The van der Waals surface area contributed by atoms with Crippen LogP contribution in [0.2, 0.25) is 0 Å². The predicted molar refractivity (Wildman–Crippen MR) is 57.0 cm³/mol. The van der Waals surface area contributed by atoms with E-state index in [1.807, 2.05) is 0 Å². The van der Waals surface area contributed by atoms with Crippen LogP contribution in [0.3, 0.4) is 0 Å². The number of hydrogen-bond donors (Lipinski definition) is 0. The first-order valence-corrected chi connectivity index (χ1v) is 5.41. The number of hydrogen-bond acceptors (Lipinski definition) is 0. The maximum Gasteiger partial charge on any atom is -0.0417 e. The van der Waals surface area contributed by atoms with E-state index >= 15 is 0 Å². The first kappa shape index (κ1) is 12.0. The molecule has 0 saturated carbocycles. The van der Waals surface area contributed by atoms with Gasteiger partial charge in [0.15, 0.2) is 0 Å². The van der Waals surface area contributed by atoms with Crippen molar-refractivity contribution in [3.8, 4) is 0 Å². The molecule has 0 saturated heterocycles. The lowest BCUT2D eigenvalue weighted by molar-refractivity contribution is 0.365. The van der Waals surface area contributed by atoms with Gasteiger partial charge in [0, 0.05) is 0 Å². The van der Waals surface area contributed by atoms with Crippen molar-refractivity contribution in [2.45, 2.75) is 53.4 Å². The quantitative estimate of drug-likeness (QED) is 0.556. The van der Waals surface area contributed by atoms with Crippen LogP contribution in [0.4, 0.5) is 0 Å². The Kier molecular flexibility index (Phi) is 6.51. The Hall–Kier alpha value is 0. The second-order valence-electron chi connectivity index (χ2n) is 4.43. The van der Waals surface area contributed by atoms with Crippen LogP contribution < -0.4 is 0 Å². The van der Waals surface area contributed by atoms with E-state index in [0.29, 0.717) is 5.92 Å². The molecule has 0 amide bonds. The zero-order valence-corrected chi connectivity index (χ0v) is 9.27. The molecule has 0 N–H and O–H groups in total. The van der Waals surface area contributed by atoms with E-state index in [2.05, 4.69) is 34.6 Å². The van der Waals surface area contributed by atoms with Crippen LogP contribution in [-0.4, -0.2) is 0 Å². The van der Waals surface area contributed by atoms with Gasteiger partial charge in [0.05, 0.1) is 0 Å². The molecule has 0 bridgehead atoms. The summed E-state index contributed by atoms with van der Waals surface area (Å²) in [6.45, 7) is 13.3. The molecule has 12 heavy (non-hydrogen) atoms. The van der Waals surface area contributed by atoms with Gasteiger partial charge in [0.25, 0.3) is 0 Å². The molecule has 0 fully saturated rings. The minimum Gasteiger partial charge on any atom is -0.0651 e. The predicted octanol–water partition coefficient (Wildman–Crippen LogP) is 4.31. The highest BCUT2D eigenvalue weighted by atomic mass is 14.1. The topological polar surface area (TPSA) is 0 Å². The lowest BCUT2D eigenvalue weighted by atomic mass is 9.90. The van der Waals surface area contributed by atoms with Crippen LogP contribution in [0.5, 0.6) is 0 Å². The SMILES string of the molecule is [CH2]C(CC)CCCC(C)C(C)C. The van der Waals surface area contributed by atoms with Crippen LogP contribution in [0.15, 0.2) is 0 Å². The van der Waals surface area contributed by atoms with Gasteiger partial charge in [-0.25, -0.2) is 0 Å². The minimum atomic E-state index is 0.685. The van der Waals surface area contributed by atoms with Crippen molar-refractivity contribution in [2.75, 3.05) is 0 Å². The van der Waals surface area contributed by atoms with Crippen molar-refractivity contribution >= 4 is 0 Å². The third kappa shape index (κ3) is 5.62. The highest BCUT2D eigenvalue weighted by molar-refractivity contribution is 4.62. The molecule has 1 radical (unpaired) electrons. The summed E-state index contributed by atoms with van der Waals surface area (Å²) in [4.78, 5) is 0. The van der Waals surface area contributed by atoms with Gasteiger partial charge >= 0.3 is 0 Å². The Bertz CT molecular complexity index is 94.2. The normalized spacial score (nSPS) is 16.5. The maximum atomic E-state index is 4.10. The largest absolute Gasteiger partial charge is 0.0651 e. The van der Waals surface area contributed by atoms with E-state index in [-0.39, 0.29) is 0 Å². The Morgan fingerprint density at radius 1 is 1.08 bits per heavy atom. The Balaban J connectivity index is 3.30. The molecule has 0 nitrogen and oxygen atoms in total. The van der Waals surface area contributed by atoms with E-state index in [9.17, 15) is 0 Å². The molecular weight excluding hydrogens is 144 g/mol. The highest BCUT2D eigenvalue weighted by Gasteiger charge is 2.07. The molecule has 2 unspecified atom stereocenters. The van der Waals surface area contributed by atoms with Gasteiger partial charge in [-0.05, 0) is 17.8 Å². The third-order valence-corrected chi connectivity index (χ3v) is 2.99. The van der Waals surface area contributed by atoms with Gasteiger partial charge in [-0.1, -0.05) is 60.3 Å². The van der Waals surface area contributed by atoms with Gasteiger partial charge < -0.3 is 0 Å². The van der Waals surface area contributed by atoms with Gasteiger partial charge in [-0.3, -0.25) is 0 Å². The zero-order valence-electron chi connectivity index (χ0n) is 9.27. The molecule has 0 heteroatoms. The van der Waals surface area contributed by atoms with Crippen LogP contribution >= 0.6 is 0 Å². The summed E-state index contributed by atoms with van der Waals surface area (Å²) in [7, 11) is 0. The standard InChI is InChI=1S/C12H25/c1-6-11(4)8-7-9-12(5)10(2)3/h10-12H,4,6-9H2,1-3,5H3. The maximum absolute atomic E-state index is 4.10. The Labute approximate surface area is 78.8 Å². The summed E-state index contributed by atoms with van der Waals surface area (Å²) in [5, 5.41) is 0. The van der Waals surface area contributed by atoms with Crippen LogP contribution in [0.1, 0.15) is 53.4 Å². The van der Waals surface area contributed by atoms with Crippen molar-refractivity contribution in [1.82, 2.24) is 0 Å². The molecule has 0 aromatic heterocycles. The minimum absolute atomic E-state index is 0.685. The summed E-state index contributed by atoms with van der Waals surface area (Å²) in [6, 6.07) is 0. The molecule has 0 aromatic rings.